The van der Waals surface area contributed by atoms with Gasteiger partial charge in [0, 0.05) is 67.8 Å². The Morgan fingerprint density at radius 3 is 1.94 bits per heavy atom. The molecule has 0 aliphatic carbocycles. The van der Waals surface area contributed by atoms with E-state index < -0.39 is 95.0 Å². The first-order valence-corrected chi connectivity index (χ1v) is 26.9. The molecular weight excluding hydrogens is 992 g/mol. The molecule has 0 spiro atoms. The third-order valence-electron chi connectivity index (χ3n) is 15.0. The molecule has 7 atom stereocenters. The lowest BCUT2D eigenvalue weighted by Crippen LogP contribution is -2.61. The molecule has 0 radical (unpaired) electrons. The Balaban J connectivity index is 1.38. The molecule has 1 fully saturated rings. The summed E-state index contributed by atoms with van der Waals surface area (Å²) >= 11 is 0. The Morgan fingerprint density at radius 1 is 0.679 bits per heavy atom. The molecular formula is C60H75FN10O7. The molecule has 4 N–H and O–H groups in total. The smallest absolute Gasteiger partial charge is 0.246 e. The van der Waals surface area contributed by atoms with Crippen LogP contribution in [0.4, 0.5) is 4.39 Å². The van der Waals surface area contributed by atoms with Crippen LogP contribution in [0.2, 0.25) is 0 Å². The van der Waals surface area contributed by atoms with Crippen molar-refractivity contribution < 1.29 is 38.0 Å². The van der Waals surface area contributed by atoms with E-state index in [1.54, 1.807) is 12.4 Å². The van der Waals surface area contributed by atoms with Crippen LogP contribution in [-0.2, 0) is 58.4 Å². The molecule has 3 aromatic carbocycles. The fourth-order valence-corrected chi connectivity index (χ4v) is 10.4. The lowest BCUT2D eigenvalue weighted by molar-refractivity contribution is -0.150. The molecule has 2 aromatic heterocycles. The number of nitrogens with one attached hydrogen (secondary N) is 4. The van der Waals surface area contributed by atoms with Crippen molar-refractivity contribution in [3.05, 3.63) is 133 Å². The number of fused-ring (bicyclic) bond motifs is 4. The Morgan fingerprint density at radius 2 is 1.27 bits per heavy atom. The maximum absolute atomic E-state index is 15.6. The average Bonchev–Trinajstić information content (AvgIpc) is 3.89. The number of aromatic nitrogens is 3. The van der Waals surface area contributed by atoms with Gasteiger partial charge in [-0.2, -0.15) is 10.2 Å². The van der Waals surface area contributed by atoms with Crippen LogP contribution in [0.3, 0.4) is 0 Å². The maximum Gasteiger partial charge on any atom is 0.246 e. The molecule has 2 aliphatic rings. The second-order valence-corrected chi connectivity index (χ2v) is 22.2. The zero-order chi connectivity index (χ0) is 56.6. The number of allylic oxidation sites excluding steroid dienone is 1. The molecule has 4 heterocycles. The molecule has 0 unspecified atom stereocenters. The second kappa shape index (κ2) is 25.1. The van der Waals surface area contributed by atoms with Gasteiger partial charge in [0.25, 0.3) is 0 Å². The molecule has 414 valence electrons. The highest BCUT2D eigenvalue weighted by Gasteiger charge is 2.41. The van der Waals surface area contributed by atoms with Crippen molar-refractivity contribution in [2.24, 2.45) is 11.8 Å². The van der Waals surface area contributed by atoms with Crippen molar-refractivity contribution in [3.8, 4) is 0 Å². The monoisotopic (exact) mass is 1070 g/mol. The van der Waals surface area contributed by atoms with E-state index in [4.69, 9.17) is 0 Å². The van der Waals surface area contributed by atoms with Crippen LogP contribution in [0.1, 0.15) is 90.8 Å². The van der Waals surface area contributed by atoms with Gasteiger partial charge >= 0.3 is 0 Å². The first kappa shape index (κ1) is 57.9. The van der Waals surface area contributed by atoms with Crippen LogP contribution in [-0.4, -0.2) is 134 Å². The average molecular weight is 1070 g/mol. The Kier molecular flexibility index (Phi) is 18.7. The number of nitrogens with zero attached hydrogens (tertiary/aromatic N) is 6. The quantitative estimate of drug-likeness (QED) is 0.109. The van der Waals surface area contributed by atoms with Crippen molar-refractivity contribution in [1.29, 1.82) is 0 Å². The molecule has 2 bridgehead atoms. The number of benzene rings is 3. The predicted octanol–water partition coefficient (Wildman–Crippen LogP) is 5.94. The van der Waals surface area contributed by atoms with Crippen LogP contribution in [0.25, 0.3) is 21.7 Å². The van der Waals surface area contributed by atoms with Gasteiger partial charge in [-0.3, -0.25) is 33.6 Å². The van der Waals surface area contributed by atoms with E-state index in [1.807, 2.05) is 113 Å². The highest BCUT2D eigenvalue weighted by Crippen LogP contribution is 2.30. The fourth-order valence-electron chi connectivity index (χ4n) is 10.4. The minimum atomic E-state index is -1.37. The van der Waals surface area contributed by atoms with Crippen molar-refractivity contribution in [3.63, 3.8) is 0 Å². The van der Waals surface area contributed by atoms with Gasteiger partial charge in [-0.1, -0.05) is 88.4 Å². The van der Waals surface area contributed by atoms with Gasteiger partial charge in [0.15, 0.2) is 0 Å². The summed E-state index contributed by atoms with van der Waals surface area (Å²) in [6.07, 6.45) is 11.3. The SMILES string of the molecule is C=CC(C)(C)n1cc(C[C@@H]2NC(=O)[C@H](Cc3ccc(F)cc3)NC(=O)[C@H](CC(C)C)N3CC/C=C\C[C@@H](C3=O)N(C)C(=O)[C@H](C)NC(=O)[C@H](Cc3ccc4cnncc4c3)NC(=O)[C@H](CC(C)C)N(C)C2=O)c2ccccc21. The van der Waals surface area contributed by atoms with Crippen LogP contribution in [0.5, 0.6) is 0 Å². The number of carbonyl (C=O) groups is 7. The van der Waals surface area contributed by atoms with Gasteiger partial charge in [-0.25, -0.2) is 4.39 Å². The zero-order valence-electron chi connectivity index (χ0n) is 46.3. The van der Waals surface area contributed by atoms with Crippen LogP contribution >= 0.6 is 0 Å². The summed E-state index contributed by atoms with van der Waals surface area (Å²) in [5.74, 6) is -5.26. The van der Waals surface area contributed by atoms with E-state index in [-0.39, 0.29) is 56.9 Å². The van der Waals surface area contributed by atoms with E-state index in [0.717, 1.165) is 21.7 Å². The van der Waals surface area contributed by atoms with Crippen LogP contribution in [0, 0.1) is 17.7 Å². The topological polar surface area (TPSA) is 208 Å². The highest BCUT2D eigenvalue weighted by molar-refractivity contribution is 5.99. The molecule has 1 saturated heterocycles. The Labute approximate surface area is 456 Å². The summed E-state index contributed by atoms with van der Waals surface area (Å²) in [6, 6.07) is 10.1. The summed E-state index contributed by atoms with van der Waals surface area (Å²) in [6.45, 7) is 17.3. The van der Waals surface area contributed by atoms with Gasteiger partial charge in [-0.05, 0) is 99.2 Å². The third kappa shape index (κ3) is 13.7. The number of hydrogen-bond donors (Lipinski definition) is 4. The lowest BCUT2D eigenvalue weighted by Gasteiger charge is -2.38. The Bertz CT molecular complexity index is 3060. The van der Waals surface area contributed by atoms with Crippen LogP contribution in [0.15, 0.2) is 110 Å². The fraction of sp³-hybridized carbons (Fsp3) is 0.450. The number of para-hydroxylation sites is 1. The van der Waals surface area contributed by atoms with E-state index in [2.05, 4.69) is 38.0 Å². The maximum atomic E-state index is 15.6. The molecule has 7 amide bonds. The lowest BCUT2D eigenvalue weighted by atomic mass is 9.97. The number of carbonyl (C=O) groups excluding carboxylic acids is 7. The first-order chi connectivity index (χ1) is 37.1. The second-order valence-electron chi connectivity index (χ2n) is 22.2. The molecule has 18 heteroatoms. The molecule has 7 rings (SSSR count). The standard InChI is InChI=1S/C60H75FN10O7/c1-11-60(7,8)71-35-43(45-17-14-15-18-49(45)71)32-48-58(77)69(10)51(27-36(2)3)55(74)65-47(31-40-20-23-41-33-62-63-34-42(41)29-40)53(72)64-38(6)57(76)68(9)50-19-13-12-16-26-70(59(50)78)52(28-37(4)5)56(75)66-46(54(73)67-48)30-39-21-24-44(61)25-22-39/h11-15,17-18,20-25,29,33-38,46-48,50-52H,1,16,19,26-28,30-32H2,2-10H3,(H,64,72)(H,65,74)(H,66,75)(H,67,73)/b13-12-/t38-,46-,47-,48-,50-,51-,52-/m0/s1. The first-order valence-electron chi connectivity index (χ1n) is 26.9. The summed E-state index contributed by atoms with van der Waals surface area (Å²) < 4.78 is 16.4. The van der Waals surface area contributed by atoms with Gasteiger partial charge < -0.3 is 40.5 Å². The summed E-state index contributed by atoms with van der Waals surface area (Å²) in [5.41, 5.74) is 2.13. The van der Waals surface area contributed by atoms with E-state index in [1.165, 1.54) is 60.0 Å². The van der Waals surface area contributed by atoms with Crippen LogP contribution < -0.4 is 21.3 Å². The summed E-state index contributed by atoms with van der Waals surface area (Å²) in [4.78, 5) is 109. The van der Waals surface area contributed by atoms with E-state index >= 15 is 24.0 Å². The minimum Gasteiger partial charge on any atom is -0.343 e. The number of halogens is 1. The number of amides is 7. The van der Waals surface area contributed by atoms with Crippen molar-refractivity contribution in [2.45, 2.75) is 141 Å². The molecule has 0 saturated carbocycles. The van der Waals surface area contributed by atoms with Gasteiger partial charge in [0.2, 0.25) is 41.4 Å². The largest absolute Gasteiger partial charge is 0.343 e. The van der Waals surface area contributed by atoms with Gasteiger partial charge in [0.05, 0.1) is 17.9 Å². The molecule has 17 nitrogen and oxygen atoms in total. The molecule has 5 aromatic rings. The Hall–Kier alpha value is -7.76. The zero-order valence-corrected chi connectivity index (χ0v) is 46.3. The third-order valence-corrected chi connectivity index (χ3v) is 15.0. The van der Waals surface area contributed by atoms with Gasteiger partial charge in [0.1, 0.15) is 48.1 Å². The molecule has 2 aliphatic heterocycles. The molecule has 78 heavy (non-hydrogen) atoms. The number of likely N-dealkylation sites (N-methyl/N-ethyl adjacent to an activating group) is 2. The summed E-state index contributed by atoms with van der Waals surface area (Å²) in [7, 11) is 2.97. The normalized spacial score (nSPS) is 23.4. The highest BCUT2D eigenvalue weighted by atomic mass is 19.1. The summed E-state index contributed by atoms with van der Waals surface area (Å²) in [5, 5.41) is 22.1. The van der Waals surface area contributed by atoms with Crippen molar-refractivity contribution >= 4 is 63.0 Å². The predicted molar refractivity (Wildman–Crippen MR) is 298 cm³/mol. The van der Waals surface area contributed by atoms with Gasteiger partial charge in [-0.15, -0.1) is 6.58 Å². The van der Waals surface area contributed by atoms with E-state index in [0.29, 0.717) is 23.1 Å². The van der Waals surface area contributed by atoms with E-state index in [9.17, 15) is 14.0 Å². The number of rotatable bonds is 12. The minimum absolute atomic E-state index is 0.0307. The number of hydrogen-bond acceptors (Lipinski definition) is 9. The van der Waals surface area contributed by atoms with Crippen molar-refractivity contribution in [2.75, 3.05) is 20.6 Å². The van der Waals surface area contributed by atoms with Crippen molar-refractivity contribution in [1.82, 2.24) is 50.7 Å².